The molecule has 0 radical (unpaired) electrons. The largest absolute Gasteiger partial charge is 0.369 e. The number of nitrogens with zero attached hydrogens (tertiary/aromatic N) is 2. The van der Waals surface area contributed by atoms with E-state index in [4.69, 9.17) is 11.6 Å². The van der Waals surface area contributed by atoms with E-state index in [1.165, 1.54) is 0 Å². The number of hydrogen-bond acceptors (Lipinski definition) is 4. The Bertz CT molecular complexity index is 364. The maximum Gasteiger partial charge on any atom is 0.224 e. The highest BCUT2D eigenvalue weighted by atomic mass is 79.9. The van der Waals surface area contributed by atoms with E-state index in [0.717, 1.165) is 10.9 Å². The van der Waals surface area contributed by atoms with Crippen molar-refractivity contribution < 1.29 is 4.21 Å². The van der Waals surface area contributed by atoms with E-state index in [9.17, 15) is 4.21 Å². The molecule has 1 unspecified atom stereocenters. The first-order valence-electron chi connectivity index (χ1n) is 4.31. The Hall–Kier alpha value is -0.200. The summed E-state index contributed by atoms with van der Waals surface area (Å²) in [5.41, 5.74) is 0. The molecule has 7 heteroatoms. The van der Waals surface area contributed by atoms with Crippen molar-refractivity contribution in [3.8, 4) is 0 Å². The van der Waals surface area contributed by atoms with Crippen molar-refractivity contribution >= 4 is 44.1 Å². The predicted octanol–water partition coefficient (Wildman–Crippen LogP) is 2.07. The molecule has 1 N–H and O–H groups in total. The average Bonchev–Trinajstić information content (AvgIpc) is 2.17. The molecule has 1 aromatic rings. The fourth-order valence-electron chi connectivity index (χ4n) is 0.952. The Morgan fingerprint density at radius 3 is 3.07 bits per heavy atom. The van der Waals surface area contributed by atoms with E-state index in [2.05, 4.69) is 31.2 Å². The van der Waals surface area contributed by atoms with Crippen LogP contribution in [0.3, 0.4) is 0 Å². The number of rotatable bonds is 5. The Morgan fingerprint density at radius 1 is 1.67 bits per heavy atom. The number of nitrogens with one attached hydrogen (secondary N) is 1. The molecular weight excluding hydrogens is 302 g/mol. The van der Waals surface area contributed by atoms with Crippen molar-refractivity contribution in [2.45, 2.75) is 6.42 Å². The minimum atomic E-state index is -0.744. The van der Waals surface area contributed by atoms with Gasteiger partial charge in [-0.25, -0.2) is 4.98 Å². The first kappa shape index (κ1) is 12.9. The number of aromatic nitrogens is 2. The Labute approximate surface area is 104 Å². The van der Waals surface area contributed by atoms with Gasteiger partial charge in [0.15, 0.2) is 0 Å². The highest BCUT2D eigenvalue weighted by Crippen LogP contribution is 2.19. The fraction of sp³-hybridized carbons (Fsp3) is 0.500. The van der Waals surface area contributed by atoms with Gasteiger partial charge < -0.3 is 5.32 Å². The third kappa shape index (κ3) is 4.90. The van der Waals surface area contributed by atoms with Crippen molar-refractivity contribution in [2.75, 3.05) is 23.9 Å². The van der Waals surface area contributed by atoms with Crippen LogP contribution >= 0.6 is 27.5 Å². The summed E-state index contributed by atoms with van der Waals surface area (Å²) >= 11 is 8.95. The molecular formula is C8H11BrClN3OS. The summed E-state index contributed by atoms with van der Waals surface area (Å²) in [4.78, 5) is 7.82. The van der Waals surface area contributed by atoms with Crippen molar-refractivity contribution in [3.63, 3.8) is 0 Å². The average molecular weight is 313 g/mol. The third-order valence-corrected chi connectivity index (χ3v) is 3.24. The monoisotopic (exact) mass is 311 g/mol. The van der Waals surface area contributed by atoms with Gasteiger partial charge in [-0.3, -0.25) is 4.21 Å². The Kier molecular flexibility index (Phi) is 5.49. The normalized spacial score (nSPS) is 12.5. The van der Waals surface area contributed by atoms with Crippen LogP contribution in [-0.4, -0.2) is 32.7 Å². The number of hydrogen-bond donors (Lipinski definition) is 1. The van der Waals surface area contributed by atoms with Crippen molar-refractivity contribution in [1.29, 1.82) is 0 Å². The predicted molar refractivity (Wildman–Crippen MR) is 66.8 cm³/mol. The quantitative estimate of drug-likeness (QED) is 0.668. The molecule has 0 aliphatic carbocycles. The molecule has 1 aromatic heterocycles. The zero-order chi connectivity index (χ0) is 11.3. The molecule has 0 fully saturated rings. The van der Waals surface area contributed by atoms with Gasteiger partial charge in [0.2, 0.25) is 5.28 Å². The fourth-order valence-corrected chi connectivity index (χ4v) is 1.97. The first-order chi connectivity index (χ1) is 7.09. The smallest absolute Gasteiger partial charge is 0.224 e. The number of halogens is 2. The minimum absolute atomic E-state index is 0.208. The molecule has 0 saturated carbocycles. The van der Waals surface area contributed by atoms with Gasteiger partial charge in [-0.2, -0.15) is 4.98 Å². The van der Waals surface area contributed by atoms with Gasteiger partial charge in [0.1, 0.15) is 5.82 Å². The number of anilines is 1. The van der Waals surface area contributed by atoms with Crippen LogP contribution in [0, 0.1) is 0 Å². The van der Waals surface area contributed by atoms with Crippen LogP contribution in [0.4, 0.5) is 5.82 Å². The lowest BCUT2D eigenvalue weighted by molar-refractivity contribution is 0.685. The van der Waals surface area contributed by atoms with E-state index in [1.54, 1.807) is 12.5 Å². The second-order valence-electron chi connectivity index (χ2n) is 2.89. The van der Waals surface area contributed by atoms with Crippen LogP contribution in [0.25, 0.3) is 0 Å². The minimum Gasteiger partial charge on any atom is -0.369 e. The van der Waals surface area contributed by atoms with E-state index in [1.807, 2.05) is 0 Å². The topological polar surface area (TPSA) is 54.9 Å². The zero-order valence-electron chi connectivity index (χ0n) is 8.17. The van der Waals surface area contributed by atoms with Gasteiger partial charge in [0.25, 0.3) is 0 Å². The van der Waals surface area contributed by atoms with Gasteiger partial charge in [0.05, 0.1) is 4.47 Å². The van der Waals surface area contributed by atoms with Crippen LogP contribution in [0.2, 0.25) is 5.28 Å². The maximum atomic E-state index is 10.8. The highest BCUT2D eigenvalue weighted by Gasteiger charge is 2.02. The van der Waals surface area contributed by atoms with E-state index < -0.39 is 10.8 Å². The summed E-state index contributed by atoms with van der Waals surface area (Å²) in [7, 11) is -0.744. The summed E-state index contributed by atoms with van der Waals surface area (Å²) in [6.45, 7) is 0.714. The lowest BCUT2D eigenvalue weighted by Gasteiger charge is -2.06. The van der Waals surface area contributed by atoms with Crippen molar-refractivity contribution in [3.05, 3.63) is 16.0 Å². The summed E-state index contributed by atoms with van der Waals surface area (Å²) in [5, 5.41) is 3.30. The lowest BCUT2D eigenvalue weighted by atomic mass is 10.4. The van der Waals surface area contributed by atoms with Gasteiger partial charge in [-0.05, 0) is 34.0 Å². The van der Waals surface area contributed by atoms with Crippen LogP contribution in [0.15, 0.2) is 10.7 Å². The van der Waals surface area contributed by atoms with Crippen molar-refractivity contribution in [2.24, 2.45) is 0 Å². The van der Waals surface area contributed by atoms with Crippen LogP contribution in [0.1, 0.15) is 6.42 Å². The van der Waals surface area contributed by atoms with E-state index in [-0.39, 0.29) is 5.28 Å². The summed E-state index contributed by atoms with van der Waals surface area (Å²) in [5.74, 6) is 1.35. The van der Waals surface area contributed by atoms with Gasteiger partial charge in [0, 0.05) is 35.5 Å². The van der Waals surface area contributed by atoms with Crippen molar-refractivity contribution in [1.82, 2.24) is 9.97 Å². The molecule has 0 amide bonds. The van der Waals surface area contributed by atoms with Crippen LogP contribution in [0.5, 0.6) is 0 Å². The summed E-state index contributed by atoms with van der Waals surface area (Å²) < 4.78 is 11.6. The van der Waals surface area contributed by atoms with E-state index in [0.29, 0.717) is 18.1 Å². The molecule has 0 aromatic carbocycles. The van der Waals surface area contributed by atoms with Gasteiger partial charge in [-0.1, -0.05) is 0 Å². The molecule has 0 aliphatic rings. The van der Waals surface area contributed by atoms with Crippen LogP contribution < -0.4 is 5.32 Å². The molecule has 0 bridgehead atoms. The molecule has 0 aliphatic heterocycles. The first-order valence-corrected chi connectivity index (χ1v) is 7.21. The van der Waals surface area contributed by atoms with Gasteiger partial charge in [-0.15, -0.1) is 0 Å². The standard InChI is InChI=1S/C8H11BrClN3OS/c1-15(14)4-2-3-11-7-6(9)5-12-8(10)13-7/h5H,2-4H2,1H3,(H,11,12,13). The SMILES string of the molecule is CS(=O)CCCNc1nc(Cl)ncc1Br. The summed E-state index contributed by atoms with van der Waals surface area (Å²) in [6.07, 6.45) is 4.12. The second-order valence-corrected chi connectivity index (χ2v) is 5.64. The molecule has 1 atom stereocenters. The Morgan fingerprint density at radius 2 is 2.40 bits per heavy atom. The third-order valence-electron chi connectivity index (χ3n) is 1.62. The molecule has 15 heavy (non-hydrogen) atoms. The zero-order valence-corrected chi connectivity index (χ0v) is 11.3. The lowest BCUT2D eigenvalue weighted by Crippen LogP contribution is -2.08. The molecule has 4 nitrogen and oxygen atoms in total. The molecule has 0 spiro atoms. The molecule has 1 rings (SSSR count). The highest BCUT2D eigenvalue weighted by molar-refractivity contribution is 9.10. The summed E-state index contributed by atoms with van der Waals surface area (Å²) in [6, 6.07) is 0. The molecule has 0 saturated heterocycles. The van der Waals surface area contributed by atoms with Gasteiger partial charge >= 0.3 is 0 Å². The maximum absolute atomic E-state index is 10.8. The van der Waals surface area contributed by atoms with Crippen LogP contribution in [-0.2, 0) is 10.8 Å². The van der Waals surface area contributed by atoms with E-state index >= 15 is 0 Å². The second kappa shape index (κ2) is 6.40. The molecule has 1 heterocycles. The molecule has 84 valence electrons. The Balaban J connectivity index is 2.43.